The van der Waals surface area contributed by atoms with Gasteiger partial charge in [0.25, 0.3) is 0 Å². The third-order valence-electron chi connectivity index (χ3n) is 26.5. The third kappa shape index (κ3) is 29.3. The molecule has 6 aromatic carbocycles. The van der Waals surface area contributed by atoms with Crippen LogP contribution in [0, 0.1) is 17.8 Å². The van der Waals surface area contributed by atoms with Gasteiger partial charge in [-0.3, -0.25) is 29.3 Å². The van der Waals surface area contributed by atoms with E-state index in [0.29, 0.717) is 149 Å². The minimum atomic E-state index is -4.52. The molecule has 2 unspecified atom stereocenters. The van der Waals surface area contributed by atoms with Crippen molar-refractivity contribution in [3.63, 3.8) is 0 Å². The topological polar surface area (TPSA) is 229 Å². The van der Waals surface area contributed by atoms with Crippen molar-refractivity contribution in [2.24, 2.45) is 0 Å². The number of halogens is 13. The Hall–Kier alpha value is -13.1. The number of nitrogens with one attached hydrogen (secondary N) is 2. The van der Waals surface area contributed by atoms with E-state index < -0.39 is 61.9 Å². The molecule has 17 rings (SSSR count). The Morgan fingerprint density at radius 3 is 1.11 bits per heavy atom. The van der Waals surface area contributed by atoms with Gasteiger partial charge < -0.3 is 43.7 Å². The molecule has 8 heterocycles. The zero-order valence-electron chi connectivity index (χ0n) is 84.0. The molecule has 2 N–H and O–H groups in total. The zero-order chi connectivity index (χ0) is 106. The van der Waals surface area contributed by atoms with E-state index in [1.807, 2.05) is 19.1 Å². The van der Waals surface area contributed by atoms with Crippen LogP contribution in [0.25, 0.3) is 66.1 Å². The van der Waals surface area contributed by atoms with E-state index in [1.54, 1.807) is 241 Å². The maximum Gasteiger partial charge on any atom is 0.393 e. The summed E-state index contributed by atoms with van der Waals surface area (Å²) in [6.45, 7) is 12.1. The number of pyridine rings is 3. The lowest BCUT2D eigenvalue weighted by atomic mass is 9.88. The maximum atomic E-state index is 15.4. The fraction of sp³-hybridized carbons (Fsp3) is 0.384. The summed E-state index contributed by atoms with van der Waals surface area (Å²) >= 11 is 3.17. The number of alkyl halides is 10. The summed E-state index contributed by atoms with van der Waals surface area (Å²) in [4.78, 5) is 57.2. The van der Waals surface area contributed by atoms with Crippen LogP contribution in [0.5, 0.6) is 17.6 Å². The second-order valence-corrected chi connectivity index (χ2v) is 38.4. The number of aromatic amines is 1. The Morgan fingerprint density at radius 1 is 0.446 bits per heavy atom. The molecule has 12 aromatic rings. The summed E-state index contributed by atoms with van der Waals surface area (Å²) in [6, 6.07) is 50.0. The van der Waals surface area contributed by atoms with Gasteiger partial charge in [-0.15, -0.1) is 10.2 Å². The summed E-state index contributed by atoms with van der Waals surface area (Å²) in [5.41, 5.74) is 5.80. The molecule has 2 atom stereocenters. The average molecular weight is 2110 g/mol. The first-order chi connectivity index (χ1) is 70.9. The fourth-order valence-electron chi connectivity index (χ4n) is 18.2. The van der Waals surface area contributed by atoms with Crippen molar-refractivity contribution >= 4 is 99.8 Å². The molecule has 2 aliphatic heterocycles. The fourth-order valence-corrected chi connectivity index (χ4v) is 18.4. The molecule has 0 bridgehead atoms. The predicted octanol–water partition coefficient (Wildman–Crippen LogP) is 23.7. The summed E-state index contributed by atoms with van der Waals surface area (Å²) < 4.78 is 205. The summed E-state index contributed by atoms with van der Waals surface area (Å²) in [6.07, 6.45) is 7.70. The molecule has 6 aromatic heterocycles. The Labute approximate surface area is 860 Å². The highest BCUT2D eigenvalue weighted by atomic mass is 79.9. The van der Waals surface area contributed by atoms with Gasteiger partial charge in [-0.2, -0.15) is 57.8 Å². The van der Waals surface area contributed by atoms with Gasteiger partial charge in [0.2, 0.25) is 53.2 Å². The van der Waals surface area contributed by atoms with Gasteiger partial charge in [0.1, 0.15) is 19.8 Å². The highest BCUT2D eigenvalue weighted by molar-refractivity contribution is 9.09. The monoisotopic (exact) mass is 2110 g/mol. The van der Waals surface area contributed by atoms with Gasteiger partial charge in [0.05, 0.1) is 68.6 Å². The van der Waals surface area contributed by atoms with Crippen LogP contribution in [-0.4, -0.2) is 235 Å². The highest BCUT2D eigenvalue weighted by Gasteiger charge is 2.50. The zero-order valence-corrected chi connectivity index (χ0v) is 85.6. The highest BCUT2D eigenvalue weighted by Crippen LogP contribution is 2.49. The van der Waals surface area contributed by atoms with Crippen LogP contribution in [0.15, 0.2) is 237 Å². The minimum Gasteiger partial charge on any atom is -0.476 e. The van der Waals surface area contributed by atoms with E-state index in [4.69, 9.17) is 23.7 Å². The molecule has 0 spiro atoms. The van der Waals surface area contributed by atoms with E-state index in [1.165, 1.54) is 50.1 Å². The second kappa shape index (κ2) is 49.8. The SMILES string of the molecule is CCN(C/C=C/C(=O)N(C)C)C1(COc2ccc(/C(=C(/CC(F)(F)F)c3ccccc3)c3ccc4c(c3)c(F)nn4C3CCCCO3)cn2)CC1.CCN(C/C=C/C(=O)N(C)C)C1(COc2ccc(/C(=C(/CC(F)(F)F)c3ccccc3)c3ccc4n[nH]c(F)c4c3)cn2)CC1.CCNC1(COc2ccc(/C(=C(/CC(F)(F)F)c3ccccc3)c3ccc4c(c3)c(F)nn4C3CCCCO3)cn2)CC1.CN(C)C(=O)/C=C/CBr. The van der Waals surface area contributed by atoms with Crippen molar-refractivity contribution in [3.05, 3.63) is 305 Å². The molecular formula is C112H122BrF12N15O8. The van der Waals surface area contributed by atoms with Crippen molar-refractivity contribution in [2.75, 3.05) is 113 Å². The van der Waals surface area contributed by atoms with Crippen molar-refractivity contribution in [3.8, 4) is 17.6 Å². The van der Waals surface area contributed by atoms with Gasteiger partial charge >= 0.3 is 18.5 Å². The normalized spacial score (nSPS) is 16.8. The van der Waals surface area contributed by atoms with E-state index in [9.17, 15) is 58.3 Å². The molecule has 0 radical (unpaired) electrons. The lowest BCUT2D eigenvalue weighted by Gasteiger charge is -2.29. The number of aromatic nitrogens is 9. The number of benzene rings is 6. The number of likely N-dealkylation sites (N-methyl/N-ethyl adjacent to an activating group) is 6. The molecule has 3 saturated carbocycles. The number of fused-ring (bicyclic) bond motifs is 3. The van der Waals surface area contributed by atoms with Crippen LogP contribution in [0.3, 0.4) is 0 Å². The van der Waals surface area contributed by atoms with Crippen LogP contribution in [0.2, 0.25) is 0 Å². The largest absolute Gasteiger partial charge is 0.476 e. The van der Waals surface area contributed by atoms with Gasteiger partial charge in [0, 0.05) is 140 Å². The number of hydrogen-bond acceptors (Lipinski definition) is 17. The van der Waals surface area contributed by atoms with Crippen molar-refractivity contribution in [2.45, 2.75) is 165 Å². The molecule has 36 heteroatoms. The molecule has 3 amide bonds. The van der Waals surface area contributed by atoms with Gasteiger partial charge in [-0.25, -0.2) is 24.3 Å². The molecule has 148 heavy (non-hydrogen) atoms. The molecule has 23 nitrogen and oxygen atoms in total. The molecule has 784 valence electrons. The van der Waals surface area contributed by atoms with Crippen LogP contribution < -0.4 is 19.5 Å². The number of ether oxygens (including phenoxy) is 5. The van der Waals surface area contributed by atoms with Gasteiger partial charge in [-0.05, 0) is 224 Å². The number of allylic oxidation sites excluding steroid dienone is 4. The van der Waals surface area contributed by atoms with E-state index in [2.05, 4.69) is 80.2 Å². The summed E-state index contributed by atoms with van der Waals surface area (Å²) in [5, 5.41) is 19.2. The first kappa shape index (κ1) is 111. The molecular weight excluding hydrogens is 1990 g/mol. The van der Waals surface area contributed by atoms with E-state index in [0.717, 1.165) is 89.2 Å². The summed E-state index contributed by atoms with van der Waals surface area (Å²) in [7, 11) is 10.3. The molecule has 2 saturated heterocycles. The predicted molar refractivity (Wildman–Crippen MR) is 553 cm³/mol. The molecule has 5 fully saturated rings. The van der Waals surface area contributed by atoms with Crippen LogP contribution >= 0.6 is 15.9 Å². The molecule has 5 aliphatic rings. The second-order valence-electron chi connectivity index (χ2n) is 37.8. The number of H-pyrrole nitrogens is 1. The number of carbonyl (C=O) groups is 3. The van der Waals surface area contributed by atoms with Crippen LogP contribution in [0.4, 0.5) is 52.7 Å². The molecule has 3 aliphatic carbocycles. The number of carbonyl (C=O) groups excluding carboxylic acids is 3. The average Bonchev–Trinajstić information content (AvgIpc) is 1.61. The quantitative estimate of drug-likeness (QED) is 0.0160. The first-order valence-electron chi connectivity index (χ1n) is 49.4. The van der Waals surface area contributed by atoms with Crippen LogP contribution in [0.1, 0.15) is 180 Å². The van der Waals surface area contributed by atoms with Crippen molar-refractivity contribution in [1.82, 2.24) is 74.5 Å². The lowest BCUT2D eigenvalue weighted by Crippen LogP contribution is -2.42. The van der Waals surface area contributed by atoms with E-state index >= 15 is 8.78 Å². The van der Waals surface area contributed by atoms with E-state index in [-0.39, 0.29) is 84.6 Å². The van der Waals surface area contributed by atoms with Crippen LogP contribution in [-0.2, 0) is 23.9 Å². The number of hydrogen-bond donors (Lipinski definition) is 2. The lowest BCUT2D eigenvalue weighted by molar-refractivity contribution is -0.124. The maximum absolute atomic E-state index is 15.4. The minimum absolute atomic E-state index is 0.0226. The third-order valence-corrected chi connectivity index (χ3v) is 26.9. The number of rotatable bonds is 37. The Balaban J connectivity index is 0.000000168. The first-order valence-corrected chi connectivity index (χ1v) is 50.5. The van der Waals surface area contributed by atoms with Gasteiger partial charge in [0.15, 0.2) is 12.5 Å². The number of nitrogens with zero attached hydrogens (tertiary/aromatic N) is 13. The Morgan fingerprint density at radius 2 is 0.797 bits per heavy atom. The van der Waals surface area contributed by atoms with Crippen molar-refractivity contribution < 1.29 is 90.8 Å². The summed E-state index contributed by atoms with van der Waals surface area (Å²) in [5.74, 6) is -1.14. The Kier molecular flexibility index (Phi) is 37.2. The Bertz CT molecular complexity index is 6680. The van der Waals surface area contributed by atoms with Gasteiger partial charge in [-0.1, -0.05) is 164 Å². The smallest absolute Gasteiger partial charge is 0.393 e. The van der Waals surface area contributed by atoms with Crippen molar-refractivity contribution in [1.29, 1.82) is 0 Å². The standard InChI is InChI=1S/C39H43F4N5O3.C34H35F4N5O2.C33H34F4N4O2.C6H10BrNO/c1-4-47(21-10-13-34(49)46(2)3)38(19-20-38)26-51-33-18-16-29(25-44-33)36(31(24-39(41,42)43)27-11-6-5-7-12-27)28-15-17-32-30(23-28)37(40)45-48(32)35-14-8-9-22-50-35;1-4-43(18-8-11-30(44)42(2)3)33(16-17-33)22-45-29-15-13-25(21-39-29)31(24-12-14-28-26(19-24)32(35)41-40-28)27(20-34(36,37)38)23-9-6-5-7-10-23;1-2-39-32(15-16-32)21-43-28-14-12-24(20-38-28)30(26(19-33(35,36)37)22-8-4-3-5-9-22)23-11-13-27-25(18-23)31(34)40-41(27)29-10-6-7-17-42-29;1-8(2)6(9)4-3-5-7/h5-7,10-13,15-18,23,25,35H,4,8-9,14,19-22,24,26H2,1-3H3;5-15,19,21H,4,16-18,20,22H2,1-3H3,(H,40,41);3-5,8-9,11-14,18,20,29,39H,2,6-7,10,15-17,19,21H2,1H3;3-4H,5H2,1-2H3/b13-10+,36-31-;11-8+,31-27-;30-26-;4-3+. The number of amides is 3.